The molecule has 1 aromatic heterocycles. The van der Waals surface area contributed by atoms with Crippen molar-refractivity contribution in [2.24, 2.45) is 17.1 Å². The molecule has 102 valence electrons. The van der Waals surface area contributed by atoms with Crippen LogP contribution in [-0.4, -0.2) is 21.3 Å². The molecule has 0 saturated heterocycles. The molecule has 0 aromatic carbocycles. The number of nitrogens with two attached hydrogens (primary N) is 1. The lowest BCUT2D eigenvalue weighted by Gasteiger charge is -2.27. The predicted octanol–water partition coefficient (Wildman–Crippen LogP) is 2.39. The smallest absolute Gasteiger partial charge is 0.138 e. The van der Waals surface area contributed by atoms with E-state index in [0.717, 1.165) is 37.7 Å². The Labute approximate surface area is 110 Å². The third kappa shape index (κ3) is 2.74. The molecular formula is C14H26N4. The summed E-state index contributed by atoms with van der Waals surface area (Å²) >= 11 is 0. The van der Waals surface area contributed by atoms with E-state index in [1.807, 2.05) is 0 Å². The zero-order chi connectivity index (χ0) is 13.0. The highest BCUT2D eigenvalue weighted by Crippen LogP contribution is 2.44. The second kappa shape index (κ2) is 5.83. The van der Waals surface area contributed by atoms with Crippen LogP contribution in [0.1, 0.15) is 51.8 Å². The molecule has 0 radical (unpaired) electrons. The van der Waals surface area contributed by atoms with E-state index in [0.29, 0.717) is 0 Å². The van der Waals surface area contributed by atoms with Gasteiger partial charge in [-0.05, 0) is 43.6 Å². The van der Waals surface area contributed by atoms with Crippen molar-refractivity contribution in [2.45, 2.75) is 58.9 Å². The van der Waals surface area contributed by atoms with Gasteiger partial charge in [-0.2, -0.15) is 5.10 Å². The van der Waals surface area contributed by atoms with Gasteiger partial charge in [-0.3, -0.25) is 4.68 Å². The first-order valence-corrected chi connectivity index (χ1v) is 7.29. The van der Waals surface area contributed by atoms with E-state index in [-0.39, 0.29) is 5.41 Å². The van der Waals surface area contributed by atoms with Gasteiger partial charge >= 0.3 is 0 Å². The van der Waals surface area contributed by atoms with E-state index in [1.165, 1.54) is 25.7 Å². The predicted molar refractivity (Wildman–Crippen MR) is 73.1 cm³/mol. The second-order valence-corrected chi connectivity index (χ2v) is 5.80. The Morgan fingerprint density at radius 1 is 1.50 bits per heavy atom. The average molecular weight is 250 g/mol. The maximum Gasteiger partial charge on any atom is 0.138 e. The monoisotopic (exact) mass is 250 g/mol. The normalized spacial score (nSPS) is 27.8. The lowest BCUT2D eigenvalue weighted by molar-refractivity contribution is 0.279. The van der Waals surface area contributed by atoms with Gasteiger partial charge in [-0.15, -0.1) is 0 Å². The third-order valence-electron chi connectivity index (χ3n) is 4.48. The van der Waals surface area contributed by atoms with E-state index < -0.39 is 0 Å². The van der Waals surface area contributed by atoms with Crippen molar-refractivity contribution in [3.8, 4) is 0 Å². The van der Waals surface area contributed by atoms with Crippen LogP contribution in [0.15, 0.2) is 6.33 Å². The van der Waals surface area contributed by atoms with Gasteiger partial charge in [0.25, 0.3) is 0 Å². The van der Waals surface area contributed by atoms with Gasteiger partial charge in [0.05, 0.1) is 0 Å². The molecule has 0 spiro atoms. The van der Waals surface area contributed by atoms with Gasteiger partial charge in [0.1, 0.15) is 12.2 Å². The Balaban J connectivity index is 2.08. The highest BCUT2D eigenvalue weighted by atomic mass is 15.3. The fourth-order valence-electron chi connectivity index (χ4n) is 3.25. The van der Waals surface area contributed by atoms with Crippen molar-refractivity contribution in [2.75, 3.05) is 6.54 Å². The van der Waals surface area contributed by atoms with E-state index in [2.05, 4.69) is 28.6 Å². The van der Waals surface area contributed by atoms with Gasteiger partial charge < -0.3 is 5.73 Å². The van der Waals surface area contributed by atoms with Crippen LogP contribution in [0.2, 0.25) is 0 Å². The number of hydrogen-bond donors (Lipinski definition) is 1. The van der Waals surface area contributed by atoms with Crippen molar-refractivity contribution in [3.05, 3.63) is 12.2 Å². The van der Waals surface area contributed by atoms with E-state index in [1.54, 1.807) is 6.33 Å². The standard InChI is InChI=1S/C14H26N4/c1-3-7-18-13(16-11-17-18)9-14(10-15)6-5-12(4-2)8-14/h11-12H,3-10,15H2,1-2H3. The minimum Gasteiger partial charge on any atom is -0.330 e. The highest BCUT2D eigenvalue weighted by Gasteiger charge is 2.38. The molecule has 2 N–H and O–H groups in total. The SMILES string of the molecule is CCCn1ncnc1CC1(CN)CCC(CC)C1. The minimum atomic E-state index is 0.277. The molecule has 1 aromatic rings. The molecule has 0 aliphatic heterocycles. The molecule has 0 amide bonds. The molecule has 4 nitrogen and oxygen atoms in total. The molecule has 2 atom stereocenters. The van der Waals surface area contributed by atoms with Crippen LogP contribution in [0.3, 0.4) is 0 Å². The van der Waals surface area contributed by atoms with E-state index in [9.17, 15) is 0 Å². The van der Waals surface area contributed by atoms with Gasteiger partial charge in [0.2, 0.25) is 0 Å². The van der Waals surface area contributed by atoms with Crippen LogP contribution < -0.4 is 5.73 Å². The van der Waals surface area contributed by atoms with E-state index in [4.69, 9.17) is 5.73 Å². The topological polar surface area (TPSA) is 56.7 Å². The molecule has 1 heterocycles. The average Bonchev–Trinajstić information content (AvgIpc) is 2.99. The maximum absolute atomic E-state index is 6.07. The molecule has 1 aliphatic rings. The Hall–Kier alpha value is -0.900. The number of hydrogen-bond acceptors (Lipinski definition) is 3. The molecule has 1 aliphatic carbocycles. The molecule has 1 fully saturated rings. The number of aryl methyl sites for hydroxylation is 1. The lowest BCUT2D eigenvalue weighted by Crippen LogP contribution is -2.31. The van der Waals surface area contributed by atoms with Gasteiger partial charge in [-0.25, -0.2) is 4.98 Å². The molecule has 2 rings (SSSR count). The Kier molecular flexibility index (Phi) is 4.38. The Morgan fingerprint density at radius 2 is 2.33 bits per heavy atom. The number of aromatic nitrogens is 3. The number of rotatable bonds is 6. The second-order valence-electron chi connectivity index (χ2n) is 5.80. The van der Waals surface area contributed by atoms with Crippen LogP contribution in [-0.2, 0) is 13.0 Å². The minimum absolute atomic E-state index is 0.277. The third-order valence-corrected chi connectivity index (χ3v) is 4.48. The van der Waals surface area contributed by atoms with E-state index >= 15 is 0 Å². The summed E-state index contributed by atoms with van der Waals surface area (Å²) in [5.74, 6) is 1.98. The summed E-state index contributed by atoms with van der Waals surface area (Å²) in [7, 11) is 0. The lowest BCUT2D eigenvalue weighted by atomic mass is 9.81. The van der Waals surface area contributed by atoms with Crippen molar-refractivity contribution < 1.29 is 0 Å². The summed E-state index contributed by atoms with van der Waals surface area (Å²) in [6.07, 6.45) is 8.91. The van der Waals surface area contributed by atoms with Crippen LogP contribution in [0.25, 0.3) is 0 Å². The van der Waals surface area contributed by atoms with Crippen LogP contribution in [0, 0.1) is 11.3 Å². The first-order valence-electron chi connectivity index (χ1n) is 7.29. The molecule has 2 unspecified atom stereocenters. The molecule has 4 heteroatoms. The van der Waals surface area contributed by atoms with Crippen molar-refractivity contribution >= 4 is 0 Å². The summed E-state index contributed by atoms with van der Waals surface area (Å²) in [6, 6.07) is 0. The summed E-state index contributed by atoms with van der Waals surface area (Å²) in [4.78, 5) is 4.44. The first kappa shape index (κ1) is 13.5. The van der Waals surface area contributed by atoms with Gasteiger partial charge in [-0.1, -0.05) is 20.3 Å². The fourth-order valence-corrected chi connectivity index (χ4v) is 3.25. The maximum atomic E-state index is 6.07. The fraction of sp³-hybridized carbons (Fsp3) is 0.857. The number of nitrogens with zero attached hydrogens (tertiary/aromatic N) is 3. The molecule has 0 bridgehead atoms. The van der Waals surface area contributed by atoms with Crippen molar-refractivity contribution in [1.82, 2.24) is 14.8 Å². The zero-order valence-corrected chi connectivity index (χ0v) is 11.7. The largest absolute Gasteiger partial charge is 0.330 e. The summed E-state index contributed by atoms with van der Waals surface area (Å²) < 4.78 is 2.05. The van der Waals surface area contributed by atoms with Gasteiger partial charge in [0, 0.05) is 13.0 Å². The molecular weight excluding hydrogens is 224 g/mol. The van der Waals surface area contributed by atoms with Crippen molar-refractivity contribution in [1.29, 1.82) is 0 Å². The summed E-state index contributed by atoms with van der Waals surface area (Å²) in [5.41, 5.74) is 6.35. The highest BCUT2D eigenvalue weighted by molar-refractivity contribution is 4.99. The summed E-state index contributed by atoms with van der Waals surface area (Å²) in [5, 5.41) is 4.32. The quantitative estimate of drug-likeness (QED) is 0.843. The van der Waals surface area contributed by atoms with Gasteiger partial charge in [0.15, 0.2) is 0 Å². The van der Waals surface area contributed by atoms with Crippen LogP contribution in [0.5, 0.6) is 0 Å². The first-order chi connectivity index (χ1) is 8.73. The zero-order valence-electron chi connectivity index (χ0n) is 11.7. The van der Waals surface area contributed by atoms with Crippen LogP contribution >= 0.6 is 0 Å². The molecule has 1 saturated carbocycles. The Morgan fingerprint density at radius 3 is 2.94 bits per heavy atom. The van der Waals surface area contributed by atoms with Crippen LogP contribution in [0.4, 0.5) is 0 Å². The summed E-state index contributed by atoms with van der Waals surface area (Å²) in [6.45, 7) is 6.21. The van der Waals surface area contributed by atoms with Crippen molar-refractivity contribution in [3.63, 3.8) is 0 Å². The molecule has 18 heavy (non-hydrogen) atoms. The Bertz CT molecular complexity index is 374.